The number of likely N-dealkylation sites (tertiary alicyclic amines) is 1. The van der Waals surface area contributed by atoms with Crippen LogP contribution in [0.25, 0.3) is 10.4 Å². The molecule has 0 saturated carbocycles. The van der Waals surface area contributed by atoms with Gasteiger partial charge in [0.25, 0.3) is 5.91 Å². The number of aliphatic imine (C=N–C) groups is 1. The monoisotopic (exact) mass is 467 g/mol. The number of aryl methyl sites for hydroxylation is 1. The summed E-state index contributed by atoms with van der Waals surface area (Å²) in [6.45, 7) is 9.40. The Morgan fingerprint density at radius 1 is 1.34 bits per heavy atom. The Morgan fingerprint density at radius 2 is 2.03 bits per heavy atom. The second-order valence-corrected chi connectivity index (χ2v) is 9.32. The van der Waals surface area contributed by atoms with Gasteiger partial charge in [0.2, 0.25) is 0 Å². The van der Waals surface area contributed by atoms with E-state index in [4.69, 9.17) is 0 Å². The first-order valence-corrected chi connectivity index (χ1v) is 10.8. The van der Waals surface area contributed by atoms with Crippen LogP contribution in [0.15, 0.2) is 23.3 Å². The van der Waals surface area contributed by atoms with E-state index in [0.29, 0.717) is 29.1 Å². The lowest BCUT2D eigenvalue weighted by Gasteiger charge is -2.27. The van der Waals surface area contributed by atoms with Crippen LogP contribution in [0.2, 0.25) is 0 Å². The first kappa shape index (κ1) is 23.8. The predicted octanol–water partition coefficient (Wildman–Crippen LogP) is 4.82. The van der Waals surface area contributed by atoms with E-state index in [1.165, 1.54) is 17.2 Å². The first-order valence-electron chi connectivity index (χ1n) is 9.96. The molecule has 32 heavy (non-hydrogen) atoms. The van der Waals surface area contributed by atoms with Crippen molar-refractivity contribution in [3.63, 3.8) is 0 Å². The molecule has 0 unspecified atom stereocenters. The molecule has 1 N–H and O–H groups in total. The van der Waals surface area contributed by atoms with Gasteiger partial charge in [0.1, 0.15) is 11.5 Å². The van der Waals surface area contributed by atoms with Gasteiger partial charge in [0, 0.05) is 12.7 Å². The molecule has 3 heterocycles. The molecule has 2 aromatic heterocycles. The molecule has 11 heteroatoms. The highest BCUT2D eigenvalue weighted by atomic mass is 32.1. The molecule has 7 nitrogen and oxygen atoms in total. The van der Waals surface area contributed by atoms with E-state index in [9.17, 15) is 22.8 Å². The highest BCUT2D eigenvalue weighted by Crippen LogP contribution is 2.41. The van der Waals surface area contributed by atoms with Gasteiger partial charge in [0.05, 0.1) is 16.3 Å². The van der Waals surface area contributed by atoms with E-state index in [-0.39, 0.29) is 16.7 Å². The minimum Gasteiger partial charge on any atom is -0.312 e. The smallest absolute Gasteiger partial charge is 0.312 e. The van der Waals surface area contributed by atoms with Crippen LogP contribution in [-0.4, -0.2) is 52.3 Å². The van der Waals surface area contributed by atoms with Gasteiger partial charge in [-0.1, -0.05) is 18.3 Å². The molecule has 2 atom stereocenters. The Hall–Kier alpha value is -2.82. The SMILES string of the molecule is C=NC(=O)[C@@H]1[C@H](C)CCN1C(=O)Nc1nc(C)c(-c2ccnc(C(C)(C)C(F)(F)F)c2)s1. The number of nitrogens with one attached hydrogen (secondary N) is 1. The average Bonchev–Trinajstić information content (AvgIpc) is 3.29. The van der Waals surface area contributed by atoms with Gasteiger partial charge in [-0.2, -0.15) is 13.2 Å². The van der Waals surface area contributed by atoms with E-state index in [2.05, 4.69) is 27.0 Å². The summed E-state index contributed by atoms with van der Waals surface area (Å²) in [5, 5.41) is 2.98. The molecule has 0 radical (unpaired) electrons. The molecule has 1 saturated heterocycles. The van der Waals surface area contributed by atoms with E-state index in [1.54, 1.807) is 13.0 Å². The lowest BCUT2D eigenvalue weighted by Crippen LogP contribution is -2.44. The number of hydrogen-bond acceptors (Lipinski definition) is 5. The zero-order chi connectivity index (χ0) is 23.8. The van der Waals surface area contributed by atoms with Crippen LogP contribution in [0.3, 0.4) is 0 Å². The Labute approximate surface area is 187 Å². The van der Waals surface area contributed by atoms with Gasteiger partial charge in [-0.25, -0.2) is 14.8 Å². The van der Waals surface area contributed by atoms with Crippen molar-refractivity contribution >= 4 is 35.1 Å². The molecule has 0 bridgehead atoms. The Balaban J connectivity index is 1.85. The number of nitrogens with zero attached hydrogens (tertiary/aromatic N) is 4. The fourth-order valence-electron chi connectivity index (χ4n) is 3.58. The summed E-state index contributed by atoms with van der Waals surface area (Å²) in [6.07, 6.45) is -2.46. The van der Waals surface area contributed by atoms with E-state index >= 15 is 0 Å². The largest absolute Gasteiger partial charge is 0.399 e. The predicted molar refractivity (Wildman–Crippen MR) is 117 cm³/mol. The minimum atomic E-state index is -4.46. The molecule has 172 valence electrons. The van der Waals surface area contributed by atoms with Gasteiger partial charge in [-0.05, 0) is 57.5 Å². The van der Waals surface area contributed by atoms with E-state index in [0.717, 1.165) is 25.2 Å². The number of alkyl halides is 3. The lowest BCUT2D eigenvalue weighted by molar-refractivity contribution is -0.181. The summed E-state index contributed by atoms with van der Waals surface area (Å²) >= 11 is 1.14. The second-order valence-electron chi connectivity index (χ2n) is 8.32. The van der Waals surface area contributed by atoms with Crippen molar-refractivity contribution in [3.8, 4) is 10.4 Å². The quantitative estimate of drug-likeness (QED) is 0.653. The number of aromatic nitrogens is 2. The number of carbonyl (C=O) groups is 2. The molecule has 2 aromatic rings. The van der Waals surface area contributed by atoms with Crippen molar-refractivity contribution in [1.29, 1.82) is 0 Å². The molecule has 0 aromatic carbocycles. The van der Waals surface area contributed by atoms with Crippen molar-refractivity contribution in [2.45, 2.75) is 51.7 Å². The van der Waals surface area contributed by atoms with Gasteiger partial charge in [-0.15, -0.1) is 0 Å². The number of halogens is 3. The standard InChI is InChI=1S/C21H24F3N5O2S/c1-11-7-9-29(15(11)17(30)25-5)19(31)28-18-27-12(2)16(32-18)13-6-8-26-14(10-13)20(3,4)21(22,23)24/h6,8,10-11,15H,5,7,9H2,1-4H3,(H,27,28,31)/t11-,15+/m1/s1. The van der Waals surface area contributed by atoms with E-state index in [1.807, 2.05) is 6.92 Å². The van der Waals surface area contributed by atoms with Crippen LogP contribution in [0, 0.1) is 12.8 Å². The minimum absolute atomic E-state index is 0.0421. The Kier molecular flexibility index (Phi) is 6.41. The van der Waals surface area contributed by atoms with Gasteiger partial charge in [-0.3, -0.25) is 15.1 Å². The normalized spacial score (nSPS) is 19.2. The fraction of sp³-hybridized carbons (Fsp3) is 0.476. The van der Waals surface area contributed by atoms with Gasteiger partial charge < -0.3 is 4.90 Å². The number of rotatable bonds is 4. The lowest BCUT2D eigenvalue weighted by atomic mass is 9.87. The first-order chi connectivity index (χ1) is 14.9. The highest BCUT2D eigenvalue weighted by Gasteiger charge is 2.49. The maximum absolute atomic E-state index is 13.4. The van der Waals surface area contributed by atoms with E-state index < -0.39 is 29.6 Å². The van der Waals surface area contributed by atoms with Crippen LogP contribution < -0.4 is 5.32 Å². The molecular formula is C21H24F3N5O2S. The number of pyridine rings is 1. The third-order valence-corrected chi connectivity index (χ3v) is 6.87. The zero-order valence-electron chi connectivity index (χ0n) is 18.2. The summed E-state index contributed by atoms with van der Waals surface area (Å²) in [7, 11) is 0. The number of anilines is 1. The molecule has 0 spiro atoms. The van der Waals surface area contributed by atoms with Crippen LogP contribution >= 0.6 is 11.3 Å². The fourth-order valence-corrected chi connectivity index (χ4v) is 4.54. The average molecular weight is 468 g/mol. The summed E-state index contributed by atoms with van der Waals surface area (Å²) < 4.78 is 40.3. The Morgan fingerprint density at radius 3 is 2.66 bits per heavy atom. The Bertz CT molecular complexity index is 1050. The van der Waals surface area contributed by atoms with Gasteiger partial charge >= 0.3 is 12.2 Å². The number of thiazole rings is 1. The highest BCUT2D eigenvalue weighted by molar-refractivity contribution is 7.19. The number of carbonyl (C=O) groups excluding carboxylic acids is 2. The molecular weight excluding hydrogens is 443 g/mol. The number of hydrogen-bond donors (Lipinski definition) is 1. The van der Waals surface area contributed by atoms with Crippen molar-refractivity contribution in [2.75, 3.05) is 11.9 Å². The maximum atomic E-state index is 13.4. The molecule has 3 amide bonds. The topological polar surface area (TPSA) is 87.5 Å². The molecule has 0 aliphatic carbocycles. The zero-order valence-corrected chi connectivity index (χ0v) is 19.0. The van der Waals surface area contributed by atoms with Crippen LogP contribution in [0.1, 0.15) is 38.6 Å². The maximum Gasteiger partial charge on any atom is 0.399 e. The number of amides is 3. The third-order valence-electron chi connectivity index (χ3n) is 5.75. The summed E-state index contributed by atoms with van der Waals surface area (Å²) in [5.74, 6) is -0.502. The molecule has 3 rings (SSSR count). The molecule has 1 aliphatic rings. The van der Waals surface area contributed by atoms with Crippen molar-refractivity contribution < 1.29 is 22.8 Å². The van der Waals surface area contributed by atoms with Crippen LogP contribution in [0.4, 0.5) is 23.1 Å². The third kappa shape index (κ3) is 4.38. The van der Waals surface area contributed by atoms with Crippen LogP contribution in [-0.2, 0) is 10.2 Å². The van der Waals surface area contributed by atoms with Crippen molar-refractivity contribution in [1.82, 2.24) is 14.9 Å². The summed E-state index contributed by atoms with van der Waals surface area (Å²) in [4.78, 5) is 38.6. The van der Waals surface area contributed by atoms with Crippen molar-refractivity contribution in [2.24, 2.45) is 10.9 Å². The van der Waals surface area contributed by atoms with Gasteiger partial charge in [0.15, 0.2) is 5.13 Å². The van der Waals surface area contributed by atoms with Crippen molar-refractivity contribution in [3.05, 3.63) is 29.7 Å². The summed E-state index contributed by atoms with van der Waals surface area (Å²) in [6, 6.07) is 1.84. The summed E-state index contributed by atoms with van der Waals surface area (Å²) in [5.41, 5.74) is -1.14. The molecule has 1 aliphatic heterocycles. The second kappa shape index (κ2) is 8.61. The van der Waals surface area contributed by atoms with Crippen LogP contribution in [0.5, 0.6) is 0 Å². The number of urea groups is 1. The molecule has 1 fully saturated rings.